The number of benzene rings is 2. The summed E-state index contributed by atoms with van der Waals surface area (Å²) in [5.41, 5.74) is 3.36. The van der Waals surface area contributed by atoms with Gasteiger partial charge >= 0.3 is 0 Å². The van der Waals surface area contributed by atoms with Crippen molar-refractivity contribution < 1.29 is 9.13 Å². The van der Waals surface area contributed by atoms with Crippen LogP contribution in [0.25, 0.3) is 10.9 Å². The summed E-state index contributed by atoms with van der Waals surface area (Å²) in [6.45, 7) is 3.18. The van der Waals surface area contributed by atoms with Crippen LogP contribution in [0.15, 0.2) is 42.6 Å². The molecule has 0 saturated carbocycles. The molecule has 1 aliphatic rings. The number of rotatable bonds is 4. The Kier molecular flexibility index (Phi) is 4.40. The summed E-state index contributed by atoms with van der Waals surface area (Å²) in [6, 6.07) is 11.7. The van der Waals surface area contributed by atoms with Crippen LogP contribution in [0.1, 0.15) is 36.6 Å². The number of nitrogens with zero attached hydrogens (tertiary/aromatic N) is 2. The monoisotopic (exact) mass is 339 g/mol. The van der Waals surface area contributed by atoms with Crippen molar-refractivity contribution in [3.63, 3.8) is 0 Å². The van der Waals surface area contributed by atoms with E-state index in [1.165, 1.54) is 0 Å². The van der Waals surface area contributed by atoms with Crippen LogP contribution >= 0.6 is 0 Å². The average molecular weight is 339 g/mol. The molecule has 0 spiro atoms. The molecule has 0 amide bonds. The molecule has 25 heavy (non-hydrogen) atoms. The molecular formula is C20H22FN3O. The van der Waals surface area contributed by atoms with E-state index < -0.39 is 0 Å². The Bertz CT molecular complexity index is 870. The van der Waals surface area contributed by atoms with Crippen LogP contribution in [0.5, 0.6) is 0 Å². The van der Waals surface area contributed by atoms with Gasteiger partial charge in [0.2, 0.25) is 0 Å². The maximum absolute atomic E-state index is 14.5. The molecular weight excluding hydrogens is 317 g/mol. The Labute approximate surface area is 146 Å². The lowest BCUT2D eigenvalue weighted by Crippen LogP contribution is -2.19. The number of fused-ring (bicyclic) bond motifs is 1. The standard InChI is InChI=1S/C20H22FN3O/c1-14-17(21)11-18-16(13-23-24(18)19-9-5-6-10-25-19)20(14)22-12-15-7-3-2-4-8-15/h2-4,7-8,11,13,19,22H,5-6,9-10,12H2,1H3. The van der Waals surface area contributed by atoms with Crippen LogP contribution in [0.4, 0.5) is 10.1 Å². The van der Waals surface area contributed by atoms with Crippen molar-refractivity contribution in [2.45, 2.75) is 39.0 Å². The molecule has 0 aliphatic carbocycles. The molecule has 5 heteroatoms. The Balaban J connectivity index is 1.70. The van der Waals surface area contributed by atoms with Gasteiger partial charge in [-0.1, -0.05) is 30.3 Å². The number of hydrogen-bond donors (Lipinski definition) is 1. The van der Waals surface area contributed by atoms with Gasteiger partial charge in [-0.3, -0.25) is 0 Å². The van der Waals surface area contributed by atoms with Crippen molar-refractivity contribution in [3.05, 3.63) is 59.5 Å². The van der Waals surface area contributed by atoms with Crippen LogP contribution < -0.4 is 5.32 Å². The second kappa shape index (κ2) is 6.84. The van der Waals surface area contributed by atoms with Crippen molar-refractivity contribution in [1.29, 1.82) is 0 Å². The van der Waals surface area contributed by atoms with E-state index >= 15 is 0 Å². The first-order chi connectivity index (χ1) is 12.2. The second-order valence-electron chi connectivity index (χ2n) is 6.54. The molecule has 130 valence electrons. The van der Waals surface area contributed by atoms with Crippen LogP contribution in [-0.2, 0) is 11.3 Å². The van der Waals surface area contributed by atoms with E-state index in [1.54, 1.807) is 13.0 Å². The van der Waals surface area contributed by atoms with Gasteiger partial charge in [0.15, 0.2) is 6.23 Å². The molecule has 1 aliphatic heterocycles. The molecule has 1 saturated heterocycles. The number of halogens is 1. The fourth-order valence-electron chi connectivity index (χ4n) is 3.42. The minimum absolute atomic E-state index is 0.102. The lowest BCUT2D eigenvalue weighted by atomic mass is 10.1. The lowest BCUT2D eigenvalue weighted by Gasteiger charge is -2.23. The highest BCUT2D eigenvalue weighted by Gasteiger charge is 2.21. The zero-order chi connectivity index (χ0) is 17.2. The van der Waals surface area contributed by atoms with Crippen molar-refractivity contribution in [2.24, 2.45) is 0 Å². The van der Waals surface area contributed by atoms with E-state index in [4.69, 9.17) is 4.74 Å². The van der Waals surface area contributed by atoms with Gasteiger partial charge in [0, 0.05) is 30.2 Å². The normalized spacial score (nSPS) is 17.8. The summed E-state index contributed by atoms with van der Waals surface area (Å²) in [5, 5.41) is 8.83. The largest absolute Gasteiger partial charge is 0.380 e. The Morgan fingerprint density at radius 2 is 2.12 bits per heavy atom. The van der Waals surface area contributed by atoms with Gasteiger partial charge in [-0.25, -0.2) is 9.07 Å². The molecule has 2 aromatic carbocycles. The zero-order valence-electron chi connectivity index (χ0n) is 14.3. The number of aromatic nitrogens is 2. The fourth-order valence-corrected chi connectivity index (χ4v) is 3.42. The Morgan fingerprint density at radius 1 is 1.28 bits per heavy atom. The van der Waals surface area contributed by atoms with Crippen LogP contribution in [0.3, 0.4) is 0 Å². The molecule has 1 aromatic heterocycles. The third kappa shape index (κ3) is 3.12. The number of anilines is 1. The zero-order valence-corrected chi connectivity index (χ0v) is 14.3. The maximum atomic E-state index is 14.5. The summed E-state index contributed by atoms with van der Waals surface area (Å²) in [5.74, 6) is -0.222. The topological polar surface area (TPSA) is 39.1 Å². The minimum atomic E-state index is -0.222. The van der Waals surface area contributed by atoms with Gasteiger partial charge < -0.3 is 10.1 Å². The van der Waals surface area contributed by atoms with Crippen molar-refractivity contribution in [3.8, 4) is 0 Å². The van der Waals surface area contributed by atoms with Gasteiger partial charge in [-0.05, 0) is 31.7 Å². The predicted octanol–water partition coefficient (Wildman–Crippen LogP) is 4.80. The van der Waals surface area contributed by atoms with Crippen molar-refractivity contribution in [1.82, 2.24) is 9.78 Å². The summed E-state index contributed by atoms with van der Waals surface area (Å²) in [7, 11) is 0. The molecule has 3 aromatic rings. The van der Waals surface area contributed by atoms with Gasteiger partial charge in [0.05, 0.1) is 17.4 Å². The molecule has 2 heterocycles. The SMILES string of the molecule is Cc1c(F)cc2c(cnn2C2CCCCO2)c1NCc1ccccc1. The molecule has 4 rings (SSSR count). The van der Waals surface area contributed by atoms with Gasteiger partial charge in [0.25, 0.3) is 0 Å². The van der Waals surface area contributed by atoms with Gasteiger partial charge in [-0.2, -0.15) is 5.10 Å². The summed E-state index contributed by atoms with van der Waals surface area (Å²) in [4.78, 5) is 0. The third-order valence-corrected chi connectivity index (χ3v) is 4.84. The summed E-state index contributed by atoms with van der Waals surface area (Å²) < 4.78 is 22.2. The average Bonchev–Trinajstić information content (AvgIpc) is 3.07. The van der Waals surface area contributed by atoms with E-state index in [2.05, 4.69) is 22.5 Å². The molecule has 4 nitrogen and oxygen atoms in total. The second-order valence-corrected chi connectivity index (χ2v) is 6.54. The minimum Gasteiger partial charge on any atom is -0.380 e. The molecule has 1 fully saturated rings. The molecule has 1 atom stereocenters. The quantitative estimate of drug-likeness (QED) is 0.742. The lowest BCUT2D eigenvalue weighted by molar-refractivity contribution is -0.0366. The first-order valence-corrected chi connectivity index (χ1v) is 8.80. The molecule has 0 bridgehead atoms. The Morgan fingerprint density at radius 3 is 2.88 bits per heavy atom. The maximum Gasteiger partial charge on any atom is 0.150 e. The number of hydrogen-bond acceptors (Lipinski definition) is 3. The predicted molar refractivity (Wildman–Crippen MR) is 97.0 cm³/mol. The number of nitrogens with one attached hydrogen (secondary N) is 1. The highest BCUT2D eigenvalue weighted by Crippen LogP contribution is 2.33. The highest BCUT2D eigenvalue weighted by molar-refractivity contribution is 5.93. The van der Waals surface area contributed by atoms with Crippen LogP contribution in [-0.4, -0.2) is 16.4 Å². The first-order valence-electron chi connectivity index (χ1n) is 8.80. The van der Waals surface area contributed by atoms with E-state index in [9.17, 15) is 4.39 Å². The van der Waals surface area contributed by atoms with Crippen molar-refractivity contribution >= 4 is 16.6 Å². The molecule has 0 radical (unpaired) electrons. The Hall–Kier alpha value is -2.40. The van der Waals surface area contributed by atoms with E-state index in [0.29, 0.717) is 12.1 Å². The van der Waals surface area contributed by atoms with E-state index in [1.807, 2.05) is 29.1 Å². The fraction of sp³-hybridized carbons (Fsp3) is 0.350. The summed E-state index contributed by atoms with van der Waals surface area (Å²) in [6.07, 6.45) is 4.81. The van der Waals surface area contributed by atoms with E-state index in [0.717, 1.165) is 48.0 Å². The van der Waals surface area contributed by atoms with E-state index in [-0.39, 0.29) is 12.0 Å². The smallest absolute Gasteiger partial charge is 0.150 e. The molecule has 1 N–H and O–H groups in total. The van der Waals surface area contributed by atoms with Crippen molar-refractivity contribution in [2.75, 3.05) is 11.9 Å². The molecule has 1 unspecified atom stereocenters. The van der Waals surface area contributed by atoms with Gasteiger partial charge in [-0.15, -0.1) is 0 Å². The van der Waals surface area contributed by atoms with Gasteiger partial charge in [0.1, 0.15) is 5.82 Å². The third-order valence-electron chi connectivity index (χ3n) is 4.84. The number of ether oxygens (including phenoxy) is 1. The highest BCUT2D eigenvalue weighted by atomic mass is 19.1. The first kappa shape index (κ1) is 16.1. The van der Waals surface area contributed by atoms with Crippen LogP contribution in [0.2, 0.25) is 0 Å². The van der Waals surface area contributed by atoms with Crippen LogP contribution in [0, 0.1) is 12.7 Å². The summed E-state index contributed by atoms with van der Waals surface area (Å²) >= 11 is 0.